The Hall–Kier alpha value is -3.48. The van der Waals surface area contributed by atoms with Gasteiger partial charge in [-0.05, 0) is 55.7 Å². The summed E-state index contributed by atoms with van der Waals surface area (Å²) in [5.41, 5.74) is 2.28. The molecule has 2 aromatic carbocycles. The molecule has 0 N–H and O–H groups in total. The van der Waals surface area contributed by atoms with E-state index in [1.807, 2.05) is 31.2 Å². The third-order valence-corrected chi connectivity index (χ3v) is 7.02. The van der Waals surface area contributed by atoms with Gasteiger partial charge in [0.1, 0.15) is 5.75 Å². The van der Waals surface area contributed by atoms with Gasteiger partial charge in [0, 0.05) is 18.7 Å². The number of ether oxygens (including phenoxy) is 1. The van der Waals surface area contributed by atoms with E-state index in [-0.39, 0.29) is 42.5 Å². The van der Waals surface area contributed by atoms with Crippen LogP contribution >= 0.6 is 0 Å². The maximum Gasteiger partial charge on any atom is 0.316 e. The SMILES string of the molecule is Cc1ccccc1N1C[C@H](C(=O)Oc2ccc(N3C(=O)[C@@H]4CCCC[C@H]4C3=O)cc2)CC1=O. The number of carbonyl (C=O) groups is 4. The minimum atomic E-state index is -0.554. The lowest BCUT2D eigenvalue weighted by Gasteiger charge is -2.19. The first-order valence-corrected chi connectivity index (χ1v) is 11.5. The van der Waals surface area contributed by atoms with Crippen molar-refractivity contribution in [1.29, 1.82) is 0 Å². The smallest absolute Gasteiger partial charge is 0.316 e. The third-order valence-electron chi connectivity index (χ3n) is 7.02. The molecule has 0 bridgehead atoms. The summed E-state index contributed by atoms with van der Waals surface area (Å²) < 4.78 is 5.52. The Morgan fingerprint density at radius 1 is 0.909 bits per heavy atom. The molecule has 3 fully saturated rings. The molecule has 0 radical (unpaired) electrons. The molecular weight excluding hydrogens is 420 g/mol. The lowest BCUT2D eigenvalue weighted by atomic mass is 9.81. The first kappa shape index (κ1) is 21.4. The fraction of sp³-hybridized carbons (Fsp3) is 0.385. The number of nitrogens with zero attached hydrogens (tertiary/aromatic N) is 2. The second-order valence-electron chi connectivity index (χ2n) is 9.12. The van der Waals surface area contributed by atoms with Crippen LogP contribution in [-0.4, -0.2) is 30.2 Å². The number of hydrogen-bond donors (Lipinski definition) is 0. The number of para-hydroxylation sites is 1. The first-order valence-electron chi connectivity index (χ1n) is 11.5. The average molecular weight is 447 g/mol. The number of rotatable bonds is 4. The van der Waals surface area contributed by atoms with Crippen LogP contribution in [0.15, 0.2) is 48.5 Å². The third kappa shape index (κ3) is 3.81. The number of benzene rings is 2. The van der Waals surface area contributed by atoms with E-state index in [0.29, 0.717) is 11.4 Å². The summed E-state index contributed by atoms with van der Waals surface area (Å²) in [4.78, 5) is 53.7. The van der Waals surface area contributed by atoms with E-state index in [2.05, 4.69) is 0 Å². The monoisotopic (exact) mass is 446 g/mol. The second kappa shape index (κ2) is 8.46. The van der Waals surface area contributed by atoms with E-state index >= 15 is 0 Å². The highest BCUT2D eigenvalue weighted by atomic mass is 16.5. The van der Waals surface area contributed by atoms with E-state index in [0.717, 1.165) is 36.9 Å². The van der Waals surface area contributed by atoms with Crippen LogP contribution in [0.5, 0.6) is 5.75 Å². The molecule has 1 saturated carbocycles. The van der Waals surface area contributed by atoms with Crippen LogP contribution in [0.1, 0.15) is 37.7 Å². The van der Waals surface area contributed by atoms with Crippen molar-refractivity contribution in [2.45, 2.75) is 39.0 Å². The van der Waals surface area contributed by atoms with Crippen molar-refractivity contribution in [3.8, 4) is 5.75 Å². The van der Waals surface area contributed by atoms with Gasteiger partial charge in [0.25, 0.3) is 0 Å². The van der Waals surface area contributed by atoms with Gasteiger partial charge in [-0.1, -0.05) is 31.0 Å². The summed E-state index contributed by atoms with van der Waals surface area (Å²) in [7, 11) is 0. The van der Waals surface area contributed by atoms with E-state index in [9.17, 15) is 19.2 Å². The van der Waals surface area contributed by atoms with Gasteiger partial charge in [0.05, 0.1) is 23.4 Å². The van der Waals surface area contributed by atoms with Gasteiger partial charge in [0.15, 0.2) is 0 Å². The van der Waals surface area contributed by atoms with Gasteiger partial charge >= 0.3 is 5.97 Å². The number of esters is 1. The van der Waals surface area contributed by atoms with Crippen molar-refractivity contribution < 1.29 is 23.9 Å². The maximum absolute atomic E-state index is 12.8. The molecule has 1 aliphatic carbocycles. The van der Waals surface area contributed by atoms with E-state index in [1.165, 1.54) is 4.90 Å². The Kier molecular flexibility index (Phi) is 5.48. The van der Waals surface area contributed by atoms with E-state index < -0.39 is 11.9 Å². The number of amides is 3. The normalized spacial score (nSPS) is 24.9. The van der Waals surface area contributed by atoms with Crippen LogP contribution in [-0.2, 0) is 19.2 Å². The zero-order valence-electron chi connectivity index (χ0n) is 18.5. The molecule has 170 valence electrons. The van der Waals surface area contributed by atoms with E-state index in [4.69, 9.17) is 4.74 Å². The maximum atomic E-state index is 12.8. The van der Waals surface area contributed by atoms with Gasteiger partial charge in [-0.25, -0.2) is 0 Å². The van der Waals surface area contributed by atoms with Gasteiger partial charge in [-0.2, -0.15) is 0 Å². The summed E-state index contributed by atoms with van der Waals surface area (Å²) in [6.45, 7) is 2.21. The van der Waals surface area contributed by atoms with Crippen molar-refractivity contribution in [2.75, 3.05) is 16.3 Å². The molecule has 2 aromatic rings. The fourth-order valence-electron chi connectivity index (χ4n) is 5.24. The highest BCUT2D eigenvalue weighted by Gasteiger charge is 2.48. The Labute approximate surface area is 192 Å². The summed E-state index contributed by atoms with van der Waals surface area (Å²) in [5.74, 6) is -1.48. The number of anilines is 2. The Balaban J connectivity index is 1.25. The zero-order chi connectivity index (χ0) is 23.1. The molecule has 2 aliphatic heterocycles. The Bertz CT molecular complexity index is 1100. The average Bonchev–Trinajstić information content (AvgIpc) is 3.33. The quantitative estimate of drug-likeness (QED) is 0.407. The van der Waals surface area contributed by atoms with Crippen LogP contribution in [0.3, 0.4) is 0 Å². The second-order valence-corrected chi connectivity index (χ2v) is 9.12. The minimum Gasteiger partial charge on any atom is -0.426 e. The number of aryl methyl sites for hydroxylation is 1. The fourth-order valence-corrected chi connectivity index (χ4v) is 5.24. The predicted octanol–water partition coefficient (Wildman–Crippen LogP) is 3.63. The van der Waals surface area contributed by atoms with Crippen LogP contribution in [0, 0.1) is 24.7 Å². The summed E-state index contributed by atoms with van der Waals surface area (Å²) >= 11 is 0. The summed E-state index contributed by atoms with van der Waals surface area (Å²) in [6, 6.07) is 14.0. The van der Waals surface area contributed by atoms with Crippen molar-refractivity contribution in [3.05, 3.63) is 54.1 Å². The number of carbonyl (C=O) groups excluding carboxylic acids is 4. The largest absolute Gasteiger partial charge is 0.426 e. The molecule has 33 heavy (non-hydrogen) atoms. The van der Waals surface area contributed by atoms with Crippen LogP contribution < -0.4 is 14.5 Å². The molecule has 3 amide bonds. The molecule has 7 heteroatoms. The topological polar surface area (TPSA) is 84.0 Å². The van der Waals surface area contributed by atoms with Crippen LogP contribution in [0.4, 0.5) is 11.4 Å². The molecule has 3 aliphatic rings. The predicted molar refractivity (Wildman–Crippen MR) is 122 cm³/mol. The highest BCUT2D eigenvalue weighted by Crippen LogP contribution is 2.40. The van der Waals surface area contributed by atoms with E-state index in [1.54, 1.807) is 29.2 Å². The van der Waals surface area contributed by atoms with Crippen molar-refractivity contribution in [3.63, 3.8) is 0 Å². The van der Waals surface area contributed by atoms with Gasteiger partial charge in [-0.3, -0.25) is 24.1 Å². The van der Waals surface area contributed by atoms with Crippen molar-refractivity contribution >= 4 is 35.1 Å². The Morgan fingerprint density at radius 2 is 1.55 bits per heavy atom. The Morgan fingerprint density at radius 3 is 2.18 bits per heavy atom. The molecule has 7 nitrogen and oxygen atoms in total. The number of imide groups is 1. The van der Waals surface area contributed by atoms with Crippen LogP contribution in [0.2, 0.25) is 0 Å². The van der Waals surface area contributed by atoms with Gasteiger partial charge < -0.3 is 9.64 Å². The molecule has 2 heterocycles. The van der Waals surface area contributed by atoms with Gasteiger partial charge in [-0.15, -0.1) is 0 Å². The molecule has 3 atom stereocenters. The first-order chi connectivity index (χ1) is 15.9. The standard InChI is InChI=1S/C26H26N2O5/c1-16-6-2-5-9-22(16)27-15-17(14-23(27)29)26(32)33-19-12-10-18(11-13-19)28-24(30)20-7-3-4-8-21(20)25(28)31/h2,5-6,9-13,17,20-21H,3-4,7-8,14-15H2,1H3/t17-,20-,21-/m1/s1. The zero-order valence-corrected chi connectivity index (χ0v) is 18.5. The van der Waals surface area contributed by atoms with Crippen molar-refractivity contribution in [1.82, 2.24) is 0 Å². The minimum absolute atomic E-state index is 0.102. The summed E-state index contributed by atoms with van der Waals surface area (Å²) in [5, 5.41) is 0. The number of fused-ring (bicyclic) bond motifs is 1. The number of hydrogen-bond acceptors (Lipinski definition) is 5. The molecule has 0 aromatic heterocycles. The lowest BCUT2D eigenvalue weighted by molar-refractivity contribution is -0.139. The van der Waals surface area contributed by atoms with Gasteiger partial charge in [0.2, 0.25) is 17.7 Å². The summed E-state index contributed by atoms with van der Waals surface area (Å²) in [6.07, 6.45) is 3.59. The molecule has 0 unspecified atom stereocenters. The highest BCUT2D eigenvalue weighted by molar-refractivity contribution is 6.22. The molecule has 0 spiro atoms. The molecule has 5 rings (SSSR count). The lowest BCUT2D eigenvalue weighted by Crippen LogP contribution is -2.30. The molecular formula is C26H26N2O5. The van der Waals surface area contributed by atoms with Crippen LogP contribution in [0.25, 0.3) is 0 Å². The molecule has 2 saturated heterocycles. The van der Waals surface area contributed by atoms with Crippen molar-refractivity contribution in [2.24, 2.45) is 17.8 Å².